The van der Waals surface area contributed by atoms with Crippen LogP contribution in [0.3, 0.4) is 0 Å². The summed E-state index contributed by atoms with van der Waals surface area (Å²) in [5, 5.41) is 3.54. The lowest BCUT2D eigenvalue weighted by molar-refractivity contribution is 0.130. The van der Waals surface area contributed by atoms with Crippen molar-refractivity contribution in [2.75, 3.05) is 13.1 Å². The molecule has 1 nitrogen and oxygen atoms in total. The van der Waals surface area contributed by atoms with Crippen LogP contribution in [0.4, 0.5) is 4.39 Å². The van der Waals surface area contributed by atoms with Crippen LogP contribution in [-0.4, -0.2) is 13.1 Å². The summed E-state index contributed by atoms with van der Waals surface area (Å²) >= 11 is 0. The average molecular weight is 289 g/mol. The monoisotopic (exact) mass is 289 g/mol. The zero-order valence-electron chi connectivity index (χ0n) is 13.4. The lowest BCUT2D eigenvalue weighted by Gasteiger charge is -2.45. The van der Waals surface area contributed by atoms with Gasteiger partial charge in [-0.1, -0.05) is 32.4 Å². The van der Waals surface area contributed by atoms with E-state index in [-0.39, 0.29) is 5.82 Å². The average Bonchev–Trinajstić information content (AvgIpc) is 2.59. The van der Waals surface area contributed by atoms with Crippen molar-refractivity contribution in [2.24, 2.45) is 10.8 Å². The minimum Gasteiger partial charge on any atom is -0.316 e. The van der Waals surface area contributed by atoms with Crippen molar-refractivity contribution in [1.82, 2.24) is 5.32 Å². The summed E-state index contributed by atoms with van der Waals surface area (Å²) in [6, 6.07) is 7.31. The lowest BCUT2D eigenvalue weighted by Crippen LogP contribution is -2.43. The first-order valence-electron chi connectivity index (χ1n) is 8.47. The van der Waals surface area contributed by atoms with Gasteiger partial charge < -0.3 is 5.32 Å². The van der Waals surface area contributed by atoms with Crippen molar-refractivity contribution in [3.8, 4) is 0 Å². The van der Waals surface area contributed by atoms with E-state index in [0.29, 0.717) is 16.7 Å². The normalized spacial score (nSPS) is 32.8. The molecule has 1 aliphatic heterocycles. The summed E-state index contributed by atoms with van der Waals surface area (Å²) in [4.78, 5) is 0. The topological polar surface area (TPSA) is 12.0 Å². The third kappa shape index (κ3) is 3.15. The number of halogens is 1. The third-order valence-corrected chi connectivity index (χ3v) is 5.97. The van der Waals surface area contributed by atoms with E-state index < -0.39 is 0 Å². The van der Waals surface area contributed by atoms with Crippen LogP contribution in [0, 0.1) is 16.6 Å². The molecule has 1 saturated heterocycles. The summed E-state index contributed by atoms with van der Waals surface area (Å²) < 4.78 is 13.7. The fraction of sp³-hybridized carbons (Fsp3) is 0.684. The van der Waals surface area contributed by atoms with Gasteiger partial charge in [-0.25, -0.2) is 4.39 Å². The SMILES string of the molecule is CC1(C)CCCC2(CCNCC2c2cccc(F)c2)CC1. The molecule has 116 valence electrons. The highest BCUT2D eigenvalue weighted by atomic mass is 19.1. The lowest BCUT2D eigenvalue weighted by atomic mass is 9.63. The standard InChI is InChI=1S/C19H28FN/c1-18(2)7-4-8-19(10-9-18)11-12-21-14-17(19)15-5-3-6-16(20)13-15/h3,5-6,13,17,21H,4,7-12,14H2,1-2H3. The molecular weight excluding hydrogens is 261 g/mol. The molecule has 1 spiro atoms. The Morgan fingerprint density at radius 3 is 2.76 bits per heavy atom. The summed E-state index contributed by atoms with van der Waals surface area (Å²) in [7, 11) is 0. The quantitative estimate of drug-likeness (QED) is 0.777. The minimum absolute atomic E-state index is 0.0952. The van der Waals surface area contributed by atoms with Gasteiger partial charge in [-0.15, -0.1) is 0 Å². The van der Waals surface area contributed by atoms with Crippen LogP contribution in [0.25, 0.3) is 0 Å². The van der Waals surface area contributed by atoms with Gasteiger partial charge in [-0.3, -0.25) is 0 Å². The number of nitrogens with one attached hydrogen (secondary N) is 1. The van der Waals surface area contributed by atoms with Gasteiger partial charge in [-0.2, -0.15) is 0 Å². The van der Waals surface area contributed by atoms with E-state index in [1.165, 1.54) is 44.1 Å². The van der Waals surface area contributed by atoms with Gasteiger partial charge in [0.25, 0.3) is 0 Å². The number of piperidine rings is 1. The Hall–Kier alpha value is -0.890. The Balaban J connectivity index is 1.90. The predicted octanol–water partition coefficient (Wildman–Crippen LogP) is 4.88. The van der Waals surface area contributed by atoms with Crippen molar-refractivity contribution in [3.63, 3.8) is 0 Å². The highest BCUT2D eigenvalue weighted by molar-refractivity contribution is 5.25. The van der Waals surface area contributed by atoms with Crippen molar-refractivity contribution in [1.29, 1.82) is 0 Å². The summed E-state index contributed by atoms with van der Waals surface area (Å²) in [6.45, 7) is 6.94. The van der Waals surface area contributed by atoms with Crippen LogP contribution >= 0.6 is 0 Å². The van der Waals surface area contributed by atoms with E-state index in [1.807, 2.05) is 6.07 Å². The first-order valence-corrected chi connectivity index (χ1v) is 8.47. The Kier molecular flexibility index (Phi) is 4.09. The molecule has 0 radical (unpaired) electrons. The molecule has 1 aliphatic carbocycles. The van der Waals surface area contributed by atoms with E-state index in [2.05, 4.69) is 25.2 Å². The molecule has 2 fully saturated rings. The molecule has 0 aromatic heterocycles. The van der Waals surface area contributed by atoms with E-state index in [4.69, 9.17) is 0 Å². The summed E-state index contributed by atoms with van der Waals surface area (Å²) in [6.07, 6.45) is 7.79. The van der Waals surface area contributed by atoms with Gasteiger partial charge in [0.15, 0.2) is 0 Å². The van der Waals surface area contributed by atoms with Crippen LogP contribution in [0.15, 0.2) is 24.3 Å². The van der Waals surface area contributed by atoms with Gasteiger partial charge >= 0.3 is 0 Å². The smallest absolute Gasteiger partial charge is 0.123 e. The molecule has 1 heterocycles. The third-order valence-electron chi connectivity index (χ3n) is 5.97. The van der Waals surface area contributed by atoms with E-state index >= 15 is 0 Å². The van der Waals surface area contributed by atoms with Gasteiger partial charge in [0.05, 0.1) is 0 Å². The molecule has 2 unspecified atom stereocenters. The largest absolute Gasteiger partial charge is 0.316 e. The molecule has 2 heteroatoms. The highest BCUT2D eigenvalue weighted by Gasteiger charge is 2.43. The number of hydrogen-bond acceptors (Lipinski definition) is 1. The van der Waals surface area contributed by atoms with Crippen LogP contribution in [0.1, 0.15) is 63.9 Å². The van der Waals surface area contributed by atoms with E-state index in [1.54, 1.807) is 12.1 Å². The van der Waals surface area contributed by atoms with Crippen molar-refractivity contribution < 1.29 is 4.39 Å². The molecule has 1 N–H and O–H groups in total. The maximum atomic E-state index is 13.7. The zero-order chi connectivity index (χ0) is 14.9. The van der Waals surface area contributed by atoms with Crippen LogP contribution in [0.5, 0.6) is 0 Å². The van der Waals surface area contributed by atoms with Gasteiger partial charge in [-0.05, 0) is 67.2 Å². The maximum absolute atomic E-state index is 13.7. The van der Waals surface area contributed by atoms with Crippen LogP contribution in [0.2, 0.25) is 0 Å². The second kappa shape index (κ2) is 5.72. The van der Waals surface area contributed by atoms with E-state index in [0.717, 1.165) is 13.1 Å². The van der Waals surface area contributed by atoms with Crippen molar-refractivity contribution in [2.45, 2.75) is 58.3 Å². The predicted molar refractivity (Wildman–Crippen MR) is 85.9 cm³/mol. The molecule has 2 atom stereocenters. The first kappa shape index (κ1) is 15.0. The zero-order valence-corrected chi connectivity index (χ0v) is 13.4. The second-order valence-corrected chi connectivity index (χ2v) is 7.94. The maximum Gasteiger partial charge on any atom is 0.123 e. The molecule has 3 rings (SSSR count). The Morgan fingerprint density at radius 1 is 1.10 bits per heavy atom. The fourth-order valence-electron chi connectivity index (χ4n) is 4.52. The van der Waals surface area contributed by atoms with Gasteiger partial charge in [0.2, 0.25) is 0 Å². The van der Waals surface area contributed by atoms with Crippen molar-refractivity contribution >= 4 is 0 Å². The van der Waals surface area contributed by atoms with Crippen LogP contribution < -0.4 is 5.32 Å². The highest BCUT2D eigenvalue weighted by Crippen LogP contribution is 2.52. The molecule has 0 amide bonds. The molecule has 21 heavy (non-hydrogen) atoms. The fourth-order valence-corrected chi connectivity index (χ4v) is 4.52. The summed E-state index contributed by atoms with van der Waals surface area (Å²) in [5.74, 6) is 0.373. The van der Waals surface area contributed by atoms with E-state index in [9.17, 15) is 4.39 Å². The number of hydrogen-bond donors (Lipinski definition) is 1. The molecule has 1 aromatic rings. The number of rotatable bonds is 1. The van der Waals surface area contributed by atoms with Crippen molar-refractivity contribution in [3.05, 3.63) is 35.6 Å². The van der Waals surface area contributed by atoms with Gasteiger partial charge in [0.1, 0.15) is 5.82 Å². The number of benzene rings is 1. The Morgan fingerprint density at radius 2 is 1.95 bits per heavy atom. The minimum atomic E-state index is -0.0952. The molecule has 2 aliphatic rings. The second-order valence-electron chi connectivity index (χ2n) is 7.94. The first-order chi connectivity index (χ1) is 10.0. The van der Waals surface area contributed by atoms with Crippen LogP contribution in [-0.2, 0) is 0 Å². The van der Waals surface area contributed by atoms with Gasteiger partial charge in [0, 0.05) is 12.5 Å². The molecular formula is C19H28FN. The molecule has 1 saturated carbocycles. The molecule has 1 aromatic carbocycles. The Labute approximate surface area is 128 Å². The molecule has 0 bridgehead atoms. The summed E-state index contributed by atoms with van der Waals surface area (Å²) in [5.41, 5.74) is 2.05. The Bertz CT molecular complexity index is 496.